The van der Waals surface area contributed by atoms with Crippen LogP contribution in [0.4, 0.5) is 4.39 Å². The zero-order valence-corrected chi connectivity index (χ0v) is 13.3. The molecule has 0 saturated heterocycles. The molecule has 112 valence electrons. The van der Waals surface area contributed by atoms with Gasteiger partial charge in [0.1, 0.15) is 12.4 Å². The molecule has 0 bridgehead atoms. The topological polar surface area (TPSA) is 44.5 Å². The van der Waals surface area contributed by atoms with E-state index in [2.05, 4.69) is 15.9 Å². The lowest BCUT2D eigenvalue weighted by Gasteiger charge is -2.15. The molecule has 2 aromatic carbocycles. The van der Waals surface area contributed by atoms with E-state index in [4.69, 9.17) is 15.2 Å². The maximum absolute atomic E-state index is 13.2. The zero-order valence-electron chi connectivity index (χ0n) is 11.7. The third-order valence-corrected chi connectivity index (χ3v) is 3.67. The van der Waals surface area contributed by atoms with Crippen molar-refractivity contribution in [1.82, 2.24) is 0 Å². The van der Waals surface area contributed by atoms with Crippen molar-refractivity contribution < 1.29 is 13.9 Å². The van der Waals surface area contributed by atoms with Gasteiger partial charge in [0.2, 0.25) is 0 Å². The van der Waals surface area contributed by atoms with Crippen LogP contribution in [0.2, 0.25) is 0 Å². The van der Waals surface area contributed by atoms with Gasteiger partial charge in [0.25, 0.3) is 0 Å². The third-order valence-electron chi connectivity index (χ3n) is 3.06. The van der Waals surface area contributed by atoms with Gasteiger partial charge in [-0.2, -0.15) is 0 Å². The fraction of sp³-hybridized carbons (Fsp3) is 0.250. The summed E-state index contributed by atoms with van der Waals surface area (Å²) in [5.41, 5.74) is 7.49. The lowest BCUT2D eigenvalue weighted by Crippen LogP contribution is -2.06. The number of nitrogens with two attached hydrogens (primary N) is 1. The van der Waals surface area contributed by atoms with E-state index in [-0.39, 0.29) is 5.82 Å². The first-order chi connectivity index (χ1) is 10.2. The monoisotopic (exact) mass is 353 g/mol. The van der Waals surface area contributed by atoms with Gasteiger partial charge in [0, 0.05) is 0 Å². The molecule has 0 unspecified atom stereocenters. The van der Waals surface area contributed by atoms with Gasteiger partial charge in [-0.05, 0) is 58.2 Å². The van der Waals surface area contributed by atoms with Gasteiger partial charge < -0.3 is 15.2 Å². The fourth-order valence-corrected chi connectivity index (χ4v) is 2.45. The average Bonchev–Trinajstić information content (AvgIpc) is 2.49. The predicted molar refractivity (Wildman–Crippen MR) is 84.2 cm³/mol. The van der Waals surface area contributed by atoms with E-state index in [0.717, 1.165) is 11.1 Å². The Morgan fingerprint density at radius 2 is 2.05 bits per heavy atom. The van der Waals surface area contributed by atoms with E-state index in [0.29, 0.717) is 35.5 Å². The van der Waals surface area contributed by atoms with Gasteiger partial charge in [0.15, 0.2) is 11.5 Å². The van der Waals surface area contributed by atoms with E-state index >= 15 is 0 Å². The average molecular weight is 354 g/mol. The molecule has 0 aromatic heterocycles. The molecular weight excluding hydrogens is 337 g/mol. The smallest absolute Gasteiger partial charge is 0.164 e. The first-order valence-electron chi connectivity index (χ1n) is 6.58. The second-order valence-electron chi connectivity index (χ2n) is 4.52. The normalized spacial score (nSPS) is 10.5. The highest BCUT2D eigenvalue weighted by atomic mass is 79.9. The quantitative estimate of drug-likeness (QED) is 0.861. The van der Waals surface area contributed by atoms with E-state index in [1.807, 2.05) is 18.2 Å². The van der Waals surface area contributed by atoms with Crippen LogP contribution in [0.3, 0.4) is 0 Å². The van der Waals surface area contributed by atoms with Crippen molar-refractivity contribution in [2.45, 2.75) is 13.0 Å². The Bertz CT molecular complexity index is 619. The van der Waals surface area contributed by atoms with Gasteiger partial charge in [-0.3, -0.25) is 0 Å². The number of methoxy groups -OCH3 is 1. The molecule has 2 aromatic rings. The number of hydrogen-bond acceptors (Lipinski definition) is 3. The van der Waals surface area contributed by atoms with E-state index < -0.39 is 0 Å². The van der Waals surface area contributed by atoms with Gasteiger partial charge in [-0.1, -0.05) is 18.2 Å². The molecule has 2 N–H and O–H groups in total. The first-order valence-corrected chi connectivity index (χ1v) is 7.37. The summed E-state index contributed by atoms with van der Waals surface area (Å²) in [5, 5.41) is 0. The van der Waals surface area contributed by atoms with Crippen LogP contribution in [0.15, 0.2) is 40.9 Å². The van der Waals surface area contributed by atoms with Crippen LogP contribution in [0.5, 0.6) is 11.5 Å². The Labute approximate surface area is 132 Å². The van der Waals surface area contributed by atoms with Crippen LogP contribution < -0.4 is 15.2 Å². The highest BCUT2D eigenvalue weighted by Gasteiger charge is 2.11. The van der Waals surface area contributed by atoms with Crippen molar-refractivity contribution in [3.05, 3.63) is 57.8 Å². The van der Waals surface area contributed by atoms with E-state index in [9.17, 15) is 4.39 Å². The SMILES string of the molecule is COc1cccc(CCN)c1OCc1ccc(F)c(Br)c1. The summed E-state index contributed by atoms with van der Waals surface area (Å²) in [6, 6.07) is 10.5. The summed E-state index contributed by atoms with van der Waals surface area (Å²) in [7, 11) is 1.60. The van der Waals surface area contributed by atoms with Gasteiger partial charge in [-0.25, -0.2) is 4.39 Å². The molecule has 0 aliphatic heterocycles. The van der Waals surface area contributed by atoms with Crippen LogP contribution in [-0.2, 0) is 13.0 Å². The van der Waals surface area contributed by atoms with E-state index in [1.165, 1.54) is 6.07 Å². The second kappa shape index (κ2) is 7.43. The molecule has 2 rings (SSSR count). The highest BCUT2D eigenvalue weighted by molar-refractivity contribution is 9.10. The van der Waals surface area contributed by atoms with Gasteiger partial charge in [0.05, 0.1) is 11.6 Å². The molecule has 0 atom stereocenters. The molecular formula is C16H17BrFNO2. The second-order valence-corrected chi connectivity index (χ2v) is 5.38. The molecule has 21 heavy (non-hydrogen) atoms. The number of hydrogen-bond donors (Lipinski definition) is 1. The Kier molecular flexibility index (Phi) is 5.59. The molecule has 0 amide bonds. The van der Waals surface area contributed by atoms with Crippen LogP contribution in [0, 0.1) is 5.82 Å². The van der Waals surface area contributed by atoms with Gasteiger partial charge >= 0.3 is 0 Å². The molecule has 0 radical (unpaired) electrons. The summed E-state index contributed by atoms with van der Waals surface area (Å²) in [5.74, 6) is 1.06. The van der Waals surface area contributed by atoms with Crippen molar-refractivity contribution in [3.63, 3.8) is 0 Å². The third kappa shape index (κ3) is 3.95. The lowest BCUT2D eigenvalue weighted by atomic mass is 10.1. The number of ether oxygens (including phenoxy) is 2. The lowest BCUT2D eigenvalue weighted by molar-refractivity contribution is 0.281. The van der Waals surface area contributed by atoms with Crippen molar-refractivity contribution in [1.29, 1.82) is 0 Å². The molecule has 0 heterocycles. The molecule has 3 nitrogen and oxygen atoms in total. The number of rotatable bonds is 6. The fourth-order valence-electron chi connectivity index (χ4n) is 2.02. The molecule has 0 fully saturated rings. The minimum atomic E-state index is -0.292. The molecule has 0 aliphatic carbocycles. The molecule has 5 heteroatoms. The Morgan fingerprint density at radius 3 is 2.71 bits per heavy atom. The van der Waals surface area contributed by atoms with Gasteiger partial charge in [-0.15, -0.1) is 0 Å². The highest BCUT2D eigenvalue weighted by Crippen LogP contribution is 2.32. The summed E-state index contributed by atoms with van der Waals surface area (Å²) < 4.78 is 24.8. The zero-order chi connectivity index (χ0) is 15.2. The Morgan fingerprint density at radius 1 is 1.24 bits per heavy atom. The molecule has 0 aliphatic rings. The number of benzene rings is 2. The van der Waals surface area contributed by atoms with Crippen molar-refractivity contribution in [2.75, 3.05) is 13.7 Å². The standard InChI is InChI=1S/C16H17BrFNO2/c1-20-15-4-2-3-12(7-8-19)16(15)21-10-11-5-6-14(18)13(17)9-11/h2-6,9H,7-8,10,19H2,1H3. The first kappa shape index (κ1) is 15.8. The summed E-state index contributed by atoms with van der Waals surface area (Å²) in [4.78, 5) is 0. The Hall–Kier alpha value is -1.59. The minimum Gasteiger partial charge on any atom is -0.493 e. The van der Waals surface area contributed by atoms with Crippen LogP contribution >= 0.6 is 15.9 Å². The van der Waals surface area contributed by atoms with Crippen molar-refractivity contribution in [3.8, 4) is 11.5 Å². The van der Waals surface area contributed by atoms with Crippen LogP contribution in [0.25, 0.3) is 0 Å². The minimum absolute atomic E-state index is 0.292. The van der Waals surface area contributed by atoms with Crippen molar-refractivity contribution in [2.24, 2.45) is 5.73 Å². The maximum atomic E-state index is 13.2. The molecule has 0 saturated carbocycles. The number of halogens is 2. The number of para-hydroxylation sites is 1. The maximum Gasteiger partial charge on any atom is 0.164 e. The van der Waals surface area contributed by atoms with E-state index in [1.54, 1.807) is 19.2 Å². The molecule has 0 spiro atoms. The summed E-state index contributed by atoms with van der Waals surface area (Å²) in [6.07, 6.45) is 0.708. The largest absolute Gasteiger partial charge is 0.493 e. The van der Waals surface area contributed by atoms with Crippen LogP contribution in [-0.4, -0.2) is 13.7 Å². The predicted octanol–water partition coefficient (Wildman–Crippen LogP) is 3.68. The van der Waals surface area contributed by atoms with Crippen molar-refractivity contribution >= 4 is 15.9 Å². The summed E-state index contributed by atoms with van der Waals surface area (Å²) >= 11 is 3.17. The van der Waals surface area contributed by atoms with Crippen LogP contribution in [0.1, 0.15) is 11.1 Å². The summed E-state index contributed by atoms with van der Waals surface area (Å²) in [6.45, 7) is 0.864. The Balaban J connectivity index is 2.20.